The Balaban J connectivity index is 0.913. The summed E-state index contributed by atoms with van der Waals surface area (Å²) in [5.74, 6) is 0.342. The number of anilines is 3. The lowest BCUT2D eigenvalue weighted by molar-refractivity contribution is 0.583. The van der Waals surface area contributed by atoms with Gasteiger partial charge in [0.25, 0.3) is 0 Å². The van der Waals surface area contributed by atoms with Gasteiger partial charge in [0.15, 0.2) is 0 Å². The molecule has 2 nitrogen and oxygen atoms in total. The van der Waals surface area contributed by atoms with Gasteiger partial charge in [-0.1, -0.05) is 219 Å². The fraction of sp³-hybridized carbons (Fsp3) is 0.0526. The van der Waals surface area contributed by atoms with Crippen LogP contribution in [0.5, 0.6) is 0 Å². The van der Waals surface area contributed by atoms with Crippen LogP contribution in [-0.2, 0) is 5.41 Å². The Hall–Kier alpha value is -9.76. The zero-order valence-electron chi connectivity index (χ0n) is 43.2. The van der Waals surface area contributed by atoms with Gasteiger partial charge in [0.05, 0.1) is 16.4 Å². The molecule has 1 unspecified atom stereocenters. The van der Waals surface area contributed by atoms with Gasteiger partial charge in [0.1, 0.15) is 0 Å². The second-order valence-corrected chi connectivity index (χ2v) is 21.5. The number of aromatic nitrogens is 1. The predicted molar refractivity (Wildman–Crippen MR) is 326 cm³/mol. The second-order valence-electron chi connectivity index (χ2n) is 21.5. The van der Waals surface area contributed by atoms with Crippen molar-refractivity contribution in [2.75, 3.05) is 4.90 Å². The summed E-state index contributed by atoms with van der Waals surface area (Å²) in [6, 6.07) is 99.8. The minimum atomic E-state index is -0.494. The summed E-state index contributed by atoms with van der Waals surface area (Å²) in [6.07, 6.45) is 5.79. The van der Waals surface area contributed by atoms with Crippen molar-refractivity contribution in [3.8, 4) is 39.1 Å². The maximum absolute atomic E-state index is 2.53. The Kier molecular flexibility index (Phi) is 9.93. The lowest BCUT2D eigenvalue weighted by Crippen LogP contribution is -2.33. The molecule has 11 aromatic carbocycles. The van der Waals surface area contributed by atoms with Crippen LogP contribution in [0, 0.1) is 5.92 Å². The first kappa shape index (κ1) is 44.5. The van der Waals surface area contributed by atoms with Gasteiger partial charge >= 0.3 is 0 Å². The highest BCUT2D eigenvalue weighted by Crippen LogP contribution is 2.60. The number of nitrogens with zero attached hydrogens (tertiary/aromatic N) is 2. The van der Waals surface area contributed by atoms with E-state index in [1.807, 2.05) is 0 Å². The molecule has 1 heterocycles. The summed E-state index contributed by atoms with van der Waals surface area (Å²) >= 11 is 0. The average molecular weight is 993 g/mol. The molecule has 0 saturated heterocycles. The van der Waals surface area contributed by atoms with Gasteiger partial charge in [0.2, 0.25) is 0 Å². The van der Waals surface area contributed by atoms with Gasteiger partial charge in [-0.3, -0.25) is 0 Å². The Morgan fingerprint density at radius 1 is 0.385 bits per heavy atom. The fourth-order valence-electron chi connectivity index (χ4n) is 14.2. The third-order valence-corrected chi connectivity index (χ3v) is 17.4. The van der Waals surface area contributed by atoms with Crippen LogP contribution in [0.2, 0.25) is 0 Å². The number of hydrogen-bond acceptors (Lipinski definition) is 1. The molecule has 16 rings (SSSR count). The number of rotatable bonds is 7. The summed E-state index contributed by atoms with van der Waals surface area (Å²) in [5, 5.41) is 2.49. The minimum absolute atomic E-state index is 0.342. The Labute approximate surface area is 455 Å². The van der Waals surface area contributed by atoms with E-state index in [0.717, 1.165) is 29.2 Å². The summed E-state index contributed by atoms with van der Waals surface area (Å²) in [6.45, 7) is 2.43. The van der Waals surface area contributed by atoms with Crippen LogP contribution in [0.3, 0.4) is 0 Å². The first-order valence-corrected chi connectivity index (χ1v) is 27.5. The number of allylic oxidation sites excluding steroid dienone is 4. The molecule has 2 heteroatoms. The normalized spacial score (nSPS) is 15.3. The number of para-hydroxylation sites is 2. The van der Waals surface area contributed by atoms with Gasteiger partial charge < -0.3 is 9.47 Å². The molecule has 0 aliphatic heterocycles. The molecule has 0 bridgehead atoms. The molecule has 4 aliphatic carbocycles. The summed E-state index contributed by atoms with van der Waals surface area (Å²) < 4.78 is 2.39. The zero-order valence-corrected chi connectivity index (χ0v) is 43.2. The van der Waals surface area contributed by atoms with Crippen molar-refractivity contribution in [1.29, 1.82) is 0 Å². The average Bonchev–Trinajstić information content (AvgIpc) is 4.30. The molecule has 1 aromatic heterocycles. The van der Waals surface area contributed by atoms with Gasteiger partial charge in [-0.05, 0) is 179 Å². The van der Waals surface area contributed by atoms with E-state index in [0.29, 0.717) is 5.92 Å². The Morgan fingerprint density at radius 2 is 0.872 bits per heavy atom. The van der Waals surface area contributed by atoms with E-state index in [1.165, 1.54) is 122 Å². The molecule has 0 amide bonds. The van der Waals surface area contributed by atoms with Crippen molar-refractivity contribution in [2.24, 2.45) is 5.92 Å². The summed E-state index contributed by atoms with van der Waals surface area (Å²) in [5.41, 5.74) is 29.6. The highest BCUT2D eigenvalue weighted by atomic mass is 15.1. The van der Waals surface area contributed by atoms with Crippen molar-refractivity contribution in [2.45, 2.75) is 18.8 Å². The molecule has 0 saturated carbocycles. The summed E-state index contributed by atoms with van der Waals surface area (Å²) in [4.78, 5) is 2.51. The van der Waals surface area contributed by atoms with Gasteiger partial charge in [-0.25, -0.2) is 0 Å². The van der Waals surface area contributed by atoms with Crippen LogP contribution in [0.25, 0.3) is 77.6 Å². The third kappa shape index (κ3) is 6.44. The van der Waals surface area contributed by atoms with Crippen molar-refractivity contribution >= 4 is 55.6 Å². The number of benzene rings is 11. The molecule has 0 N–H and O–H groups in total. The number of fused-ring (bicyclic) bond motifs is 11. The maximum atomic E-state index is 2.53. The van der Waals surface area contributed by atoms with Crippen LogP contribution in [0.4, 0.5) is 17.1 Å². The smallest absolute Gasteiger partial charge is 0.0679 e. The largest absolute Gasteiger partial charge is 0.310 e. The SMILES string of the molecule is CC1CC=CC2=C1C(c1ccccc1)(c1ccccc1)c1cc(N(c3ccc(-c4ccc5c(c4)c4ccccc4n5-c4ccccc4)cc3)c3ccc4c(c3)C(=C3c5ccccc5-c5ccccc53)c3ccccc3-4)ccc12. The Morgan fingerprint density at radius 3 is 1.51 bits per heavy atom. The maximum Gasteiger partial charge on any atom is 0.0679 e. The van der Waals surface area contributed by atoms with E-state index in [9.17, 15) is 0 Å². The van der Waals surface area contributed by atoms with Crippen molar-refractivity contribution in [1.82, 2.24) is 4.57 Å². The van der Waals surface area contributed by atoms with E-state index in [1.54, 1.807) is 0 Å². The van der Waals surface area contributed by atoms with E-state index < -0.39 is 5.41 Å². The highest BCUT2D eigenvalue weighted by Gasteiger charge is 2.49. The van der Waals surface area contributed by atoms with Crippen molar-refractivity contribution in [3.05, 3.63) is 329 Å². The van der Waals surface area contributed by atoms with Crippen LogP contribution in [-0.4, -0.2) is 4.57 Å². The van der Waals surface area contributed by atoms with Crippen LogP contribution in [0.15, 0.2) is 285 Å². The van der Waals surface area contributed by atoms with Crippen LogP contribution in [0.1, 0.15) is 57.9 Å². The first-order chi connectivity index (χ1) is 38.6. The fourth-order valence-corrected chi connectivity index (χ4v) is 14.2. The van der Waals surface area contributed by atoms with Crippen molar-refractivity contribution in [3.63, 3.8) is 0 Å². The minimum Gasteiger partial charge on any atom is -0.310 e. The molecule has 12 aromatic rings. The molecule has 0 fully saturated rings. The topological polar surface area (TPSA) is 8.17 Å². The van der Waals surface area contributed by atoms with E-state index in [-0.39, 0.29) is 0 Å². The molecule has 4 aliphatic rings. The first-order valence-electron chi connectivity index (χ1n) is 27.5. The quantitative estimate of drug-likeness (QED) is 0.154. The van der Waals surface area contributed by atoms with Crippen LogP contribution >= 0.6 is 0 Å². The lowest BCUT2D eigenvalue weighted by atomic mass is 9.63. The highest BCUT2D eigenvalue weighted by molar-refractivity contribution is 6.19. The van der Waals surface area contributed by atoms with E-state index >= 15 is 0 Å². The van der Waals surface area contributed by atoms with Gasteiger partial charge in [-0.15, -0.1) is 0 Å². The van der Waals surface area contributed by atoms with Gasteiger partial charge in [-0.2, -0.15) is 0 Å². The number of hydrogen-bond donors (Lipinski definition) is 0. The molecule has 0 radical (unpaired) electrons. The Bertz CT molecular complexity index is 4430. The molecule has 0 spiro atoms. The van der Waals surface area contributed by atoms with Crippen molar-refractivity contribution < 1.29 is 0 Å². The molecule has 1 atom stereocenters. The van der Waals surface area contributed by atoms with E-state index in [4.69, 9.17) is 0 Å². The van der Waals surface area contributed by atoms with E-state index in [2.05, 4.69) is 295 Å². The third-order valence-electron chi connectivity index (χ3n) is 17.4. The van der Waals surface area contributed by atoms with Gasteiger partial charge in [0, 0.05) is 33.5 Å². The molecular weight excluding hydrogens is 941 g/mol. The summed E-state index contributed by atoms with van der Waals surface area (Å²) in [7, 11) is 0. The molecular formula is C76H52N2. The zero-order chi connectivity index (χ0) is 51.5. The monoisotopic (exact) mass is 992 g/mol. The predicted octanol–water partition coefficient (Wildman–Crippen LogP) is 19.6. The molecule has 366 valence electrons. The molecule has 78 heavy (non-hydrogen) atoms. The second kappa shape index (κ2) is 17.4. The standard InChI is InChI=1S/C76H52N2/c1-49-20-19-34-67-62-44-42-57(48-70(62)76(75(49)67,52-21-5-2-6-22-52)53-23-7-3-8-24-53)77(55-39-36-50(37-40-55)51-38-45-72-68(46-51)63-30-17-18-35-71(63)78(72)54-25-9-4-10-26-54)56-41-43-61-60-29-13-16-33-66(60)74(69(61)47-56)73-64-31-14-11-27-58(64)59-28-12-15-32-65(59)73/h2-19,21-49H,20H2,1H3. The van der Waals surface area contributed by atoms with Crippen LogP contribution < -0.4 is 4.90 Å². The lowest BCUT2D eigenvalue weighted by Gasteiger charge is -2.39.